The van der Waals surface area contributed by atoms with E-state index in [1.165, 1.54) is 5.56 Å². The highest BCUT2D eigenvalue weighted by Gasteiger charge is 2.20. The molecule has 1 heterocycles. The van der Waals surface area contributed by atoms with Crippen LogP contribution in [-0.4, -0.2) is 21.8 Å². The summed E-state index contributed by atoms with van der Waals surface area (Å²) >= 11 is 1.59. The van der Waals surface area contributed by atoms with Crippen LogP contribution < -0.4 is 0 Å². The third-order valence-corrected chi connectivity index (χ3v) is 4.46. The topological polar surface area (TPSA) is 33.2 Å². The fourth-order valence-corrected chi connectivity index (χ4v) is 2.85. The maximum absolute atomic E-state index is 12.6. The number of hydrogen-bond acceptors (Lipinski definition) is 3. The highest BCUT2D eigenvalue weighted by Crippen LogP contribution is 2.15. The molecule has 0 aliphatic rings. The van der Waals surface area contributed by atoms with Crippen molar-refractivity contribution < 1.29 is 4.79 Å². The van der Waals surface area contributed by atoms with Crippen LogP contribution in [0.4, 0.5) is 0 Å². The molecule has 3 nitrogen and oxygen atoms in total. The molecule has 0 aliphatic carbocycles. The Bertz CT molecular complexity index is 579. The minimum atomic E-state index is 0.151. The van der Waals surface area contributed by atoms with Gasteiger partial charge >= 0.3 is 0 Å². The second-order valence-electron chi connectivity index (χ2n) is 5.30. The molecule has 0 saturated heterocycles. The van der Waals surface area contributed by atoms with Gasteiger partial charge in [0.25, 0.3) is 0 Å². The summed E-state index contributed by atoms with van der Waals surface area (Å²) in [6.07, 6.45) is 1.34. The van der Waals surface area contributed by atoms with Gasteiger partial charge in [0.15, 0.2) is 0 Å². The Morgan fingerprint density at radius 1 is 1.33 bits per heavy atom. The number of carbonyl (C=O) groups is 1. The molecule has 21 heavy (non-hydrogen) atoms. The quantitative estimate of drug-likeness (QED) is 0.812. The molecule has 1 unspecified atom stereocenters. The summed E-state index contributed by atoms with van der Waals surface area (Å²) in [7, 11) is 0. The Morgan fingerprint density at radius 3 is 2.62 bits per heavy atom. The molecule has 1 aromatic carbocycles. The van der Waals surface area contributed by atoms with Gasteiger partial charge < -0.3 is 4.90 Å². The number of amides is 1. The number of rotatable bonds is 6. The minimum Gasteiger partial charge on any atom is -0.335 e. The van der Waals surface area contributed by atoms with E-state index in [0.29, 0.717) is 13.0 Å². The molecule has 0 bridgehead atoms. The molecule has 1 aromatic heterocycles. The van der Waals surface area contributed by atoms with Gasteiger partial charge in [-0.2, -0.15) is 0 Å². The number of aryl methyl sites for hydroxylation is 1. The van der Waals surface area contributed by atoms with Crippen LogP contribution in [0.5, 0.6) is 0 Å². The lowest BCUT2D eigenvalue weighted by atomic mass is 10.1. The van der Waals surface area contributed by atoms with E-state index in [1.807, 2.05) is 35.4 Å². The normalized spacial score (nSPS) is 12.1. The van der Waals surface area contributed by atoms with Crippen molar-refractivity contribution in [2.45, 2.75) is 46.2 Å². The van der Waals surface area contributed by atoms with E-state index >= 15 is 0 Å². The number of aromatic nitrogens is 1. The second-order valence-corrected chi connectivity index (χ2v) is 6.36. The van der Waals surface area contributed by atoms with Crippen molar-refractivity contribution in [1.82, 2.24) is 9.88 Å². The van der Waals surface area contributed by atoms with Crippen molar-refractivity contribution in [3.05, 3.63) is 52.0 Å². The molecule has 0 radical (unpaired) electrons. The first-order valence-corrected chi connectivity index (χ1v) is 8.22. The SMILES string of the molecule is CCC(C)N(Cc1ccccc1)C(=O)Cc1csc(C)n1. The van der Waals surface area contributed by atoms with Crippen LogP contribution in [0.3, 0.4) is 0 Å². The maximum Gasteiger partial charge on any atom is 0.229 e. The van der Waals surface area contributed by atoms with Gasteiger partial charge in [-0.3, -0.25) is 4.79 Å². The third-order valence-electron chi connectivity index (χ3n) is 3.64. The van der Waals surface area contributed by atoms with Crippen LogP contribution in [0.15, 0.2) is 35.7 Å². The van der Waals surface area contributed by atoms with Crippen LogP contribution in [0, 0.1) is 6.92 Å². The summed E-state index contributed by atoms with van der Waals surface area (Å²) < 4.78 is 0. The van der Waals surface area contributed by atoms with E-state index in [0.717, 1.165) is 17.1 Å². The lowest BCUT2D eigenvalue weighted by Gasteiger charge is -2.28. The highest BCUT2D eigenvalue weighted by atomic mass is 32.1. The van der Waals surface area contributed by atoms with Gasteiger partial charge in [0, 0.05) is 18.0 Å². The Morgan fingerprint density at radius 2 is 2.05 bits per heavy atom. The third kappa shape index (κ3) is 4.39. The molecular weight excluding hydrogens is 280 g/mol. The Balaban J connectivity index is 2.10. The second kappa shape index (κ2) is 7.36. The Labute approximate surface area is 130 Å². The van der Waals surface area contributed by atoms with E-state index in [4.69, 9.17) is 0 Å². The van der Waals surface area contributed by atoms with Gasteiger partial charge in [-0.05, 0) is 25.8 Å². The molecule has 0 N–H and O–H groups in total. The Kier molecular flexibility index (Phi) is 5.51. The molecule has 2 aromatic rings. The van der Waals surface area contributed by atoms with Crippen LogP contribution in [0.2, 0.25) is 0 Å². The zero-order valence-electron chi connectivity index (χ0n) is 12.9. The van der Waals surface area contributed by atoms with Gasteiger partial charge in [-0.25, -0.2) is 4.98 Å². The van der Waals surface area contributed by atoms with Gasteiger partial charge in [-0.1, -0.05) is 37.3 Å². The molecule has 112 valence electrons. The van der Waals surface area contributed by atoms with Gasteiger partial charge in [0.05, 0.1) is 17.1 Å². The van der Waals surface area contributed by atoms with E-state index < -0.39 is 0 Å². The number of thiazole rings is 1. The van der Waals surface area contributed by atoms with Crippen molar-refractivity contribution in [2.24, 2.45) is 0 Å². The summed E-state index contributed by atoms with van der Waals surface area (Å²) in [4.78, 5) is 19.0. The molecule has 2 rings (SSSR count). The van der Waals surface area contributed by atoms with Crippen LogP contribution in [-0.2, 0) is 17.8 Å². The summed E-state index contributed by atoms with van der Waals surface area (Å²) in [5.41, 5.74) is 2.05. The standard InChI is InChI=1S/C17H22N2OS/c1-4-13(2)19(11-15-8-6-5-7-9-15)17(20)10-16-12-21-14(3)18-16/h5-9,12-13H,4,10-11H2,1-3H3. The number of benzene rings is 1. The summed E-state index contributed by atoms with van der Waals surface area (Å²) in [5, 5.41) is 2.99. The molecule has 1 amide bonds. The lowest BCUT2D eigenvalue weighted by Crippen LogP contribution is -2.38. The van der Waals surface area contributed by atoms with Gasteiger partial charge in [0.1, 0.15) is 0 Å². The van der Waals surface area contributed by atoms with E-state index in [2.05, 4.69) is 31.0 Å². The van der Waals surface area contributed by atoms with Crippen molar-refractivity contribution in [3.63, 3.8) is 0 Å². The predicted molar refractivity (Wildman–Crippen MR) is 87.3 cm³/mol. The number of nitrogens with zero attached hydrogens (tertiary/aromatic N) is 2. The number of carbonyl (C=O) groups excluding carboxylic acids is 1. The molecule has 0 aliphatic heterocycles. The summed E-state index contributed by atoms with van der Waals surface area (Å²) in [6.45, 7) is 6.85. The molecular formula is C17H22N2OS. The molecule has 0 saturated carbocycles. The predicted octanol–water partition coefficient (Wildman–Crippen LogP) is 3.82. The average Bonchev–Trinajstić information content (AvgIpc) is 2.90. The van der Waals surface area contributed by atoms with Gasteiger partial charge in [0.2, 0.25) is 5.91 Å². The lowest BCUT2D eigenvalue weighted by molar-refractivity contribution is -0.133. The average molecular weight is 302 g/mol. The molecule has 0 fully saturated rings. The zero-order chi connectivity index (χ0) is 15.2. The van der Waals surface area contributed by atoms with E-state index in [1.54, 1.807) is 11.3 Å². The largest absolute Gasteiger partial charge is 0.335 e. The van der Waals surface area contributed by atoms with Crippen molar-refractivity contribution in [1.29, 1.82) is 0 Å². The number of hydrogen-bond donors (Lipinski definition) is 0. The molecule has 1 atom stereocenters. The minimum absolute atomic E-state index is 0.151. The fraction of sp³-hybridized carbons (Fsp3) is 0.412. The first-order chi connectivity index (χ1) is 10.1. The first-order valence-electron chi connectivity index (χ1n) is 7.34. The highest BCUT2D eigenvalue weighted by molar-refractivity contribution is 7.09. The molecule has 4 heteroatoms. The smallest absolute Gasteiger partial charge is 0.229 e. The Hall–Kier alpha value is -1.68. The summed E-state index contributed by atoms with van der Waals surface area (Å²) in [6, 6.07) is 10.4. The van der Waals surface area contributed by atoms with Crippen LogP contribution >= 0.6 is 11.3 Å². The fourth-order valence-electron chi connectivity index (χ4n) is 2.24. The first kappa shape index (κ1) is 15.7. The maximum atomic E-state index is 12.6. The summed E-state index contributed by atoms with van der Waals surface area (Å²) in [5.74, 6) is 0.151. The van der Waals surface area contributed by atoms with Crippen molar-refractivity contribution >= 4 is 17.2 Å². The van der Waals surface area contributed by atoms with E-state index in [-0.39, 0.29) is 11.9 Å². The van der Waals surface area contributed by atoms with Crippen LogP contribution in [0.25, 0.3) is 0 Å². The van der Waals surface area contributed by atoms with Crippen molar-refractivity contribution in [2.75, 3.05) is 0 Å². The van der Waals surface area contributed by atoms with E-state index in [9.17, 15) is 4.79 Å². The molecule has 0 spiro atoms. The van der Waals surface area contributed by atoms with Gasteiger partial charge in [-0.15, -0.1) is 11.3 Å². The zero-order valence-corrected chi connectivity index (χ0v) is 13.7. The van der Waals surface area contributed by atoms with Crippen LogP contribution in [0.1, 0.15) is 36.5 Å². The van der Waals surface area contributed by atoms with Crippen molar-refractivity contribution in [3.8, 4) is 0 Å². The monoisotopic (exact) mass is 302 g/mol.